The van der Waals surface area contributed by atoms with Gasteiger partial charge in [-0.15, -0.1) is 6.58 Å². The van der Waals surface area contributed by atoms with Gasteiger partial charge in [0.1, 0.15) is 0 Å². The molecular formula is C17H36. The first-order chi connectivity index (χ1) is 7.79. The van der Waals surface area contributed by atoms with Crippen LogP contribution in [0, 0.1) is 23.7 Å². The van der Waals surface area contributed by atoms with Crippen LogP contribution in [0.25, 0.3) is 0 Å². The van der Waals surface area contributed by atoms with Crippen LogP contribution in [0.5, 0.6) is 0 Å². The van der Waals surface area contributed by atoms with Gasteiger partial charge in [-0.1, -0.05) is 33.3 Å². The lowest BCUT2D eigenvalue weighted by Crippen LogP contribution is -2.25. The quantitative estimate of drug-likeness (QED) is 0.506. The van der Waals surface area contributed by atoms with Gasteiger partial charge in [-0.05, 0) is 68.6 Å². The van der Waals surface area contributed by atoms with Crippen molar-refractivity contribution >= 4 is 0 Å². The Bertz CT molecular complexity index is 211. The van der Waals surface area contributed by atoms with Gasteiger partial charge in [0.25, 0.3) is 0 Å². The second-order valence-corrected chi connectivity index (χ2v) is 6.33. The van der Waals surface area contributed by atoms with Crippen LogP contribution < -0.4 is 0 Å². The Balaban J connectivity index is 0. The molecule has 0 radical (unpaired) electrons. The van der Waals surface area contributed by atoms with Gasteiger partial charge in [-0.2, -0.15) is 0 Å². The van der Waals surface area contributed by atoms with E-state index in [1.54, 1.807) is 0 Å². The summed E-state index contributed by atoms with van der Waals surface area (Å²) >= 11 is 0. The molecule has 0 spiro atoms. The molecule has 17 heavy (non-hydrogen) atoms. The van der Waals surface area contributed by atoms with E-state index in [0.717, 1.165) is 23.7 Å². The predicted molar refractivity (Wildman–Crippen MR) is 82.3 cm³/mol. The van der Waals surface area contributed by atoms with E-state index in [4.69, 9.17) is 0 Å². The Morgan fingerprint density at radius 2 is 1.41 bits per heavy atom. The number of allylic oxidation sites excluding steroid dienone is 1. The summed E-state index contributed by atoms with van der Waals surface area (Å²) in [5.74, 6) is 4.14. The van der Waals surface area contributed by atoms with Gasteiger partial charge in [0.05, 0.1) is 0 Å². The monoisotopic (exact) mass is 240 g/mol. The largest absolute Gasteiger partial charge is 0.103 e. The molecule has 0 nitrogen and oxygen atoms in total. The van der Waals surface area contributed by atoms with E-state index in [1.807, 2.05) is 0 Å². The fourth-order valence-electron chi connectivity index (χ4n) is 3.89. The molecule has 0 aliphatic heterocycles. The Kier molecular flexibility index (Phi) is 6.30. The average molecular weight is 240 g/mol. The summed E-state index contributed by atoms with van der Waals surface area (Å²) in [7, 11) is 0. The maximum absolute atomic E-state index is 3.87. The van der Waals surface area contributed by atoms with Crippen molar-refractivity contribution in [3.05, 3.63) is 12.7 Å². The zero-order valence-electron chi connectivity index (χ0n) is 11.0. The second-order valence-electron chi connectivity index (χ2n) is 6.33. The number of hydrogen-bond donors (Lipinski definition) is 0. The molecule has 2 aliphatic carbocycles. The molecule has 2 aliphatic rings. The highest BCUT2D eigenvalue weighted by Gasteiger charge is 2.29. The second kappa shape index (κ2) is 7.24. The van der Waals surface area contributed by atoms with Crippen LogP contribution in [0.1, 0.15) is 75.0 Å². The highest BCUT2D eigenvalue weighted by molar-refractivity contribution is 4.83. The van der Waals surface area contributed by atoms with Crippen LogP contribution in [0.2, 0.25) is 0 Å². The molecule has 0 bridgehead atoms. The predicted octanol–water partition coefficient (Wildman–Crippen LogP) is 6.32. The van der Waals surface area contributed by atoms with Gasteiger partial charge in [0.15, 0.2) is 0 Å². The van der Waals surface area contributed by atoms with E-state index in [2.05, 4.69) is 19.6 Å². The summed E-state index contributed by atoms with van der Waals surface area (Å²) in [6, 6.07) is 0. The number of hydrogen-bond acceptors (Lipinski definition) is 0. The van der Waals surface area contributed by atoms with Gasteiger partial charge in [0, 0.05) is 2.85 Å². The van der Waals surface area contributed by atoms with E-state index in [0.29, 0.717) is 0 Å². The Hall–Kier alpha value is -0.260. The summed E-state index contributed by atoms with van der Waals surface area (Å²) in [5.41, 5.74) is 0. The molecule has 2 rings (SSSR count). The smallest absolute Gasteiger partial charge is 0 e. The van der Waals surface area contributed by atoms with Gasteiger partial charge >= 0.3 is 0 Å². The normalized spacial score (nSPS) is 38.2. The molecule has 0 amide bonds. The SMILES string of the molecule is C.C=CCC1CCC(C2CCC(C)CC2)CC1.[HH].[HH]. The van der Waals surface area contributed by atoms with Crippen molar-refractivity contribution < 1.29 is 2.85 Å². The maximum Gasteiger partial charge on any atom is 0 e. The van der Waals surface area contributed by atoms with Crippen molar-refractivity contribution in [1.29, 1.82) is 0 Å². The Morgan fingerprint density at radius 1 is 0.941 bits per heavy atom. The molecule has 104 valence electrons. The third-order valence-electron chi connectivity index (χ3n) is 5.12. The van der Waals surface area contributed by atoms with Crippen molar-refractivity contribution in [2.24, 2.45) is 23.7 Å². The summed E-state index contributed by atoms with van der Waals surface area (Å²) in [6.07, 6.45) is 15.4. The molecule has 0 saturated heterocycles. The fourth-order valence-corrected chi connectivity index (χ4v) is 3.89. The zero-order chi connectivity index (χ0) is 11.4. The van der Waals surface area contributed by atoms with Crippen LogP contribution in [-0.2, 0) is 0 Å². The fraction of sp³-hybridized carbons (Fsp3) is 0.882. The van der Waals surface area contributed by atoms with Crippen LogP contribution in [0.3, 0.4) is 0 Å². The first-order valence-electron chi connectivity index (χ1n) is 7.40. The minimum Gasteiger partial charge on any atom is -0.103 e. The lowest BCUT2D eigenvalue weighted by molar-refractivity contribution is 0.151. The lowest BCUT2D eigenvalue weighted by atomic mass is 9.69. The first-order valence-corrected chi connectivity index (χ1v) is 7.40. The van der Waals surface area contributed by atoms with Gasteiger partial charge < -0.3 is 0 Å². The van der Waals surface area contributed by atoms with Crippen LogP contribution in [0.15, 0.2) is 12.7 Å². The van der Waals surface area contributed by atoms with Gasteiger partial charge in [-0.3, -0.25) is 0 Å². The lowest BCUT2D eigenvalue weighted by Gasteiger charge is -2.37. The minimum atomic E-state index is 0. The standard InChI is InChI=1S/C16H28.CH4.2H2/c1-3-4-14-7-11-16(12-8-14)15-9-5-13(2)6-10-15;;;/h3,13-16H,1,4-12H2,2H3;1H4;2*1H. The van der Waals surface area contributed by atoms with Crippen LogP contribution in [-0.4, -0.2) is 0 Å². The summed E-state index contributed by atoms with van der Waals surface area (Å²) in [5, 5.41) is 0. The molecular weight excluding hydrogens is 204 g/mol. The summed E-state index contributed by atoms with van der Waals surface area (Å²) in [4.78, 5) is 0. The van der Waals surface area contributed by atoms with E-state index >= 15 is 0 Å². The van der Waals surface area contributed by atoms with E-state index in [9.17, 15) is 0 Å². The third-order valence-corrected chi connectivity index (χ3v) is 5.12. The van der Waals surface area contributed by atoms with Crippen LogP contribution in [0.4, 0.5) is 0 Å². The van der Waals surface area contributed by atoms with Crippen molar-refractivity contribution in [3.63, 3.8) is 0 Å². The molecule has 0 heteroatoms. The molecule has 0 aromatic heterocycles. The van der Waals surface area contributed by atoms with Gasteiger partial charge in [-0.25, -0.2) is 0 Å². The van der Waals surface area contributed by atoms with E-state index in [1.165, 1.54) is 57.8 Å². The average Bonchev–Trinajstić information content (AvgIpc) is 2.32. The van der Waals surface area contributed by atoms with Crippen molar-refractivity contribution in [1.82, 2.24) is 0 Å². The molecule has 0 heterocycles. The Morgan fingerprint density at radius 3 is 1.88 bits per heavy atom. The molecule has 0 unspecified atom stereocenters. The Labute approximate surface area is 112 Å². The first kappa shape index (κ1) is 14.8. The van der Waals surface area contributed by atoms with Crippen molar-refractivity contribution in [2.75, 3.05) is 0 Å². The highest BCUT2D eigenvalue weighted by Crippen LogP contribution is 2.41. The topological polar surface area (TPSA) is 0 Å². The van der Waals surface area contributed by atoms with E-state index in [-0.39, 0.29) is 10.3 Å². The summed E-state index contributed by atoms with van der Waals surface area (Å²) < 4.78 is 0. The minimum absolute atomic E-state index is 0. The zero-order valence-corrected chi connectivity index (χ0v) is 11.0. The van der Waals surface area contributed by atoms with Crippen molar-refractivity contribution in [2.45, 2.75) is 72.1 Å². The third kappa shape index (κ3) is 4.16. The van der Waals surface area contributed by atoms with Crippen molar-refractivity contribution in [3.8, 4) is 0 Å². The van der Waals surface area contributed by atoms with Crippen LogP contribution >= 0.6 is 0 Å². The number of rotatable bonds is 3. The highest BCUT2D eigenvalue weighted by atomic mass is 14.3. The maximum atomic E-state index is 3.87. The summed E-state index contributed by atoms with van der Waals surface area (Å²) in [6.45, 7) is 6.30. The molecule has 2 saturated carbocycles. The molecule has 0 N–H and O–H groups in total. The van der Waals surface area contributed by atoms with Gasteiger partial charge in [0.2, 0.25) is 0 Å². The van der Waals surface area contributed by atoms with E-state index < -0.39 is 0 Å². The molecule has 0 atom stereocenters. The molecule has 2 fully saturated rings. The molecule has 0 aromatic rings. The molecule has 0 aromatic carbocycles.